The van der Waals surface area contributed by atoms with Crippen molar-refractivity contribution in [2.45, 2.75) is 12.5 Å². The van der Waals surface area contributed by atoms with E-state index in [0.717, 1.165) is 23.9 Å². The molecule has 2 aromatic heterocycles. The van der Waals surface area contributed by atoms with Gasteiger partial charge in [-0.15, -0.1) is 0 Å². The molecule has 0 radical (unpaired) electrons. The van der Waals surface area contributed by atoms with Crippen LogP contribution >= 0.6 is 11.8 Å². The van der Waals surface area contributed by atoms with E-state index in [2.05, 4.69) is 20.7 Å². The van der Waals surface area contributed by atoms with Crippen LogP contribution in [0.2, 0.25) is 0 Å². The minimum absolute atomic E-state index is 0.0173. The molecule has 1 fully saturated rings. The number of rotatable bonds is 4. The molecule has 110 valence electrons. The van der Waals surface area contributed by atoms with Crippen molar-refractivity contribution in [1.82, 2.24) is 20.1 Å². The van der Waals surface area contributed by atoms with Gasteiger partial charge < -0.3 is 10.6 Å². The quantitative estimate of drug-likeness (QED) is 0.891. The molecule has 21 heavy (non-hydrogen) atoms. The second-order valence-electron chi connectivity index (χ2n) is 4.83. The SMILES string of the molecule is O=C(CC1CSCCN1)Nc1ccc(-n2cccn2)nc1. The third-order valence-electron chi connectivity index (χ3n) is 3.20. The average Bonchev–Trinajstić information content (AvgIpc) is 3.03. The number of carbonyl (C=O) groups is 1. The molecule has 3 rings (SSSR count). The van der Waals surface area contributed by atoms with Gasteiger partial charge in [-0.2, -0.15) is 16.9 Å². The smallest absolute Gasteiger partial charge is 0.226 e. The molecule has 1 saturated heterocycles. The molecule has 0 spiro atoms. The zero-order chi connectivity index (χ0) is 14.5. The zero-order valence-corrected chi connectivity index (χ0v) is 12.3. The molecule has 1 aliphatic heterocycles. The van der Waals surface area contributed by atoms with Crippen LogP contribution in [0, 0.1) is 0 Å². The molecule has 7 heteroatoms. The van der Waals surface area contributed by atoms with E-state index in [9.17, 15) is 4.79 Å². The minimum atomic E-state index is 0.0173. The summed E-state index contributed by atoms with van der Waals surface area (Å²) in [6, 6.07) is 5.77. The number of pyridine rings is 1. The van der Waals surface area contributed by atoms with Crippen molar-refractivity contribution in [2.75, 3.05) is 23.4 Å². The van der Waals surface area contributed by atoms with Gasteiger partial charge in [-0.1, -0.05) is 0 Å². The Labute approximate surface area is 127 Å². The molecule has 2 aromatic rings. The zero-order valence-electron chi connectivity index (χ0n) is 11.5. The number of nitrogens with zero attached hydrogens (tertiary/aromatic N) is 3. The monoisotopic (exact) mass is 303 g/mol. The van der Waals surface area contributed by atoms with Gasteiger partial charge in [-0.25, -0.2) is 9.67 Å². The van der Waals surface area contributed by atoms with Crippen molar-refractivity contribution in [3.05, 3.63) is 36.8 Å². The van der Waals surface area contributed by atoms with Gasteiger partial charge >= 0.3 is 0 Å². The predicted octanol–water partition coefficient (Wildman–Crippen LogP) is 1.30. The minimum Gasteiger partial charge on any atom is -0.325 e. The number of aromatic nitrogens is 3. The van der Waals surface area contributed by atoms with E-state index >= 15 is 0 Å². The van der Waals surface area contributed by atoms with E-state index in [1.165, 1.54) is 0 Å². The van der Waals surface area contributed by atoms with Crippen LogP contribution < -0.4 is 10.6 Å². The molecule has 3 heterocycles. The van der Waals surface area contributed by atoms with Crippen LogP contribution in [0.4, 0.5) is 5.69 Å². The summed E-state index contributed by atoms with van der Waals surface area (Å²) in [4.78, 5) is 16.3. The third-order valence-corrected chi connectivity index (χ3v) is 4.33. The summed E-state index contributed by atoms with van der Waals surface area (Å²) < 4.78 is 1.68. The van der Waals surface area contributed by atoms with Gasteiger partial charge in [-0.3, -0.25) is 4.79 Å². The highest BCUT2D eigenvalue weighted by Crippen LogP contribution is 2.13. The van der Waals surface area contributed by atoms with Crippen LogP contribution in [-0.2, 0) is 4.79 Å². The number of hydrogen-bond acceptors (Lipinski definition) is 5. The fraction of sp³-hybridized carbons (Fsp3) is 0.357. The molecule has 0 saturated carbocycles. The highest BCUT2D eigenvalue weighted by atomic mass is 32.2. The summed E-state index contributed by atoms with van der Waals surface area (Å²) >= 11 is 1.89. The predicted molar refractivity (Wildman–Crippen MR) is 83.7 cm³/mol. The second kappa shape index (κ2) is 6.73. The van der Waals surface area contributed by atoms with Crippen molar-refractivity contribution in [3.8, 4) is 5.82 Å². The van der Waals surface area contributed by atoms with Crippen LogP contribution in [0.15, 0.2) is 36.8 Å². The molecule has 2 N–H and O–H groups in total. The maximum Gasteiger partial charge on any atom is 0.226 e. The van der Waals surface area contributed by atoms with Gasteiger partial charge in [0.05, 0.1) is 11.9 Å². The number of nitrogens with one attached hydrogen (secondary N) is 2. The first kappa shape index (κ1) is 14.1. The number of hydrogen-bond donors (Lipinski definition) is 2. The van der Waals surface area contributed by atoms with Crippen molar-refractivity contribution in [1.29, 1.82) is 0 Å². The number of amides is 1. The fourth-order valence-corrected chi connectivity index (χ4v) is 3.14. The van der Waals surface area contributed by atoms with Crippen molar-refractivity contribution < 1.29 is 4.79 Å². The summed E-state index contributed by atoms with van der Waals surface area (Å²) in [6.07, 6.45) is 5.67. The average molecular weight is 303 g/mol. The molecular weight excluding hydrogens is 286 g/mol. The first-order valence-corrected chi connectivity index (χ1v) is 8.04. The Hall–Kier alpha value is -1.86. The Balaban J connectivity index is 1.56. The van der Waals surface area contributed by atoms with Crippen LogP contribution in [0.25, 0.3) is 5.82 Å². The summed E-state index contributed by atoms with van der Waals surface area (Å²) in [5, 5.41) is 10.3. The van der Waals surface area contributed by atoms with Gasteiger partial charge in [0, 0.05) is 42.9 Å². The van der Waals surface area contributed by atoms with Gasteiger partial charge in [0.1, 0.15) is 0 Å². The molecule has 1 amide bonds. The number of anilines is 1. The molecular formula is C14H17N5OS. The third kappa shape index (κ3) is 3.83. The molecule has 6 nitrogen and oxygen atoms in total. The summed E-state index contributed by atoms with van der Waals surface area (Å²) in [7, 11) is 0. The normalized spacial score (nSPS) is 18.4. The van der Waals surface area contributed by atoms with Crippen LogP contribution in [0.5, 0.6) is 0 Å². The van der Waals surface area contributed by atoms with E-state index in [1.54, 1.807) is 17.1 Å². The van der Waals surface area contributed by atoms with E-state index in [1.807, 2.05) is 36.2 Å². The Bertz CT molecular complexity index is 578. The molecule has 1 atom stereocenters. The number of carbonyl (C=O) groups excluding carboxylic acids is 1. The van der Waals surface area contributed by atoms with Crippen molar-refractivity contribution in [3.63, 3.8) is 0 Å². The highest BCUT2D eigenvalue weighted by Gasteiger charge is 2.16. The number of thioether (sulfide) groups is 1. The van der Waals surface area contributed by atoms with Crippen LogP contribution in [-0.4, -0.2) is 44.8 Å². The lowest BCUT2D eigenvalue weighted by molar-refractivity contribution is -0.116. The van der Waals surface area contributed by atoms with Crippen LogP contribution in [0.1, 0.15) is 6.42 Å². The van der Waals surface area contributed by atoms with E-state index in [4.69, 9.17) is 0 Å². The van der Waals surface area contributed by atoms with Gasteiger partial charge in [0.25, 0.3) is 0 Å². The highest BCUT2D eigenvalue weighted by molar-refractivity contribution is 7.99. The standard InChI is InChI=1S/C14H17N5OS/c20-14(8-12-10-21-7-5-15-12)18-11-2-3-13(16-9-11)19-6-1-4-17-19/h1-4,6,9,12,15H,5,7-8,10H2,(H,18,20). The molecule has 1 unspecified atom stereocenters. The lowest BCUT2D eigenvalue weighted by Gasteiger charge is -2.22. The van der Waals surface area contributed by atoms with Gasteiger partial charge in [0.15, 0.2) is 5.82 Å². The Kier molecular flexibility index (Phi) is 4.52. The molecule has 0 aliphatic carbocycles. The van der Waals surface area contributed by atoms with Crippen LogP contribution in [0.3, 0.4) is 0 Å². The molecule has 0 bridgehead atoms. The van der Waals surface area contributed by atoms with Gasteiger partial charge in [-0.05, 0) is 18.2 Å². The van der Waals surface area contributed by atoms with E-state index < -0.39 is 0 Å². The summed E-state index contributed by atoms with van der Waals surface area (Å²) in [6.45, 7) is 0.975. The lowest BCUT2D eigenvalue weighted by Crippen LogP contribution is -2.39. The lowest BCUT2D eigenvalue weighted by atomic mass is 10.2. The van der Waals surface area contributed by atoms with Gasteiger partial charge in [0.2, 0.25) is 5.91 Å². The first-order chi connectivity index (χ1) is 10.3. The Morgan fingerprint density at radius 2 is 2.48 bits per heavy atom. The topological polar surface area (TPSA) is 71.8 Å². The summed E-state index contributed by atoms with van der Waals surface area (Å²) in [5.41, 5.74) is 0.708. The maximum absolute atomic E-state index is 12.0. The first-order valence-electron chi connectivity index (χ1n) is 6.88. The van der Waals surface area contributed by atoms with E-state index in [-0.39, 0.29) is 11.9 Å². The fourth-order valence-electron chi connectivity index (χ4n) is 2.19. The molecule has 1 aliphatic rings. The Morgan fingerprint density at radius 3 is 3.14 bits per heavy atom. The van der Waals surface area contributed by atoms with E-state index in [0.29, 0.717) is 12.1 Å². The van der Waals surface area contributed by atoms with Crippen molar-refractivity contribution >= 4 is 23.4 Å². The van der Waals surface area contributed by atoms with Crippen molar-refractivity contribution in [2.24, 2.45) is 0 Å². The Morgan fingerprint density at radius 1 is 1.52 bits per heavy atom. The largest absolute Gasteiger partial charge is 0.325 e. The second-order valence-corrected chi connectivity index (χ2v) is 5.98. The maximum atomic E-state index is 12.0. The molecule has 0 aromatic carbocycles. The summed E-state index contributed by atoms with van der Waals surface area (Å²) in [5.74, 6) is 2.85.